The Morgan fingerprint density at radius 2 is 1.85 bits per heavy atom. The molecule has 1 aliphatic rings. The van der Waals surface area contributed by atoms with Crippen LogP contribution in [-0.4, -0.2) is 40.5 Å². The lowest BCUT2D eigenvalue weighted by molar-refractivity contribution is -0.173. The van der Waals surface area contributed by atoms with E-state index in [4.69, 9.17) is 0 Å². The second-order valence-corrected chi connectivity index (χ2v) is 10.5. The maximum absolute atomic E-state index is 14.1. The lowest BCUT2D eigenvalue weighted by Crippen LogP contribution is -2.35. The summed E-state index contributed by atoms with van der Waals surface area (Å²) in [5.41, 5.74) is 1.71. The first-order chi connectivity index (χ1) is 19.1. The van der Waals surface area contributed by atoms with E-state index in [0.29, 0.717) is 37.2 Å². The number of alkyl halides is 5. The molecule has 5 aromatic heterocycles. The van der Waals surface area contributed by atoms with E-state index in [1.807, 2.05) is 0 Å². The molecule has 1 aromatic carbocycles. The summed E-state index contributed by atoms with van der Waals surface area (Å²) in [7, 11) is 0. The van der Waals surface area contributed by atoms with Crippen LogP contribution in [0.5, 0.6) is 0 Å². The summed E-state index contributed by atoms with van der Waals surface area (Å²) in [5.74, 6) is -0.311. The molecule has 0 bridgehead atoms. The molecule has 1 N–H and O–H groups in total. The van der Waals surface area contributed by atoms with Gasteiger partial charge in [0.05, 0.1) is 11.6 Å². The van der Waals surface area contributed by atoms with E-state index in [1.54, 1.807) is 6.92 Å². The van der Waals surface area contributed by atoms with Crippen molar-refractivity contribution >= 4 is 43.2 Å². The number of rotatable bonds is 3. The largest absolute Gasteiger partial charge is 0.410 e. The first-order valence-corrected chi connectivity index (χ1v) is 12.8. The summed E-state index contributed by atoms with van der Waals surface area (Å²) >= 11 is 1.13. The van der Waals surface area contributed by atoms with Crippen molar-refractivity contribution in [1.82, 2.24) is 34.3 Å². The molecule has 0 amide bonds. The Bertz CT molecular complexity index is 1920. The molecule has 0 radical (unpaired) electrons. The number of nitrogens with one attached hydrogen (secondary N) is 1. The van der Waals surface area contributed by atoms with Gasteiger partial charge in [0.1, 0.15) is 38.9 Å². The molecule has 0 unspecified atom stereocenters. The predicted octanol–water partition coefficient (Wildman–Crippen LogP) is 6.80. The van der Waals surface area contributed by atoms with Crippen LogP contribution in [0.2, 0.25) is 0 Å². The maximum Gasteiger partial charge on any atom is 0.410 e. The minimum atomic E-state index is -4.60. The average molecular weight is 575 g/mol. The van der Waals surface area contributed by atoms with Crippen LogP contribution < -0.4 is 5.32 Å². The van der Waals surface area contributed by atoms with Crippen LogP contribution in [0.1, 0.15) is 41.8 Å². The van der Waals surface area contributed by atoms with Crippen molar-refractivity contribution in [2.75, 3.05) is 5.32 Å². The Morgan fingerprint density at radius 3 is 2.58 bits per heavy atom. The predicted molar refractivity (Wildman–Crippen MR) is 135 cm³/mol. The summed E-state index contributed by atoms with van der Waals surface area (Å²) in [6, 6.07) is 5.38. The average Bonchev–Trinajstić information content (AvgIpc) is 3.61. The molecular weight excluding hydrogens is 558 g/mol. The molecule has 15 heteroatoms. The molecule has 0 saturated carbocycles. The van der Waals surface area contributed by atoms with Gasteiger partial charge in [-0.15, -0.1) is 16.4 Å². The molecule has 7 rings (SSSR count). The third kappa shape index (κ3) is 3.86. The van der Waals surface area contributed by atoms with Gasteiger partial charge >= 0.3 is 6.18 Å². The summed E-state index contributed by atoms with van der Waals surface area (Å²) in [5, 5.41) is 12.3. The normalized spacial score (nSPS) is 17.7. The lowest BCUT2D eigenvalue weighted by Gasteiger charge is -2.33. The highest BCUT2D eigenvalue weighted by atomic mass is 32.1. The highest BCUT2D eigenvalue weighted by Crippen LogP contribution is 2.44. The van der Waals surface area contributed by atoms with E-state index >= 15 is 0 Å². The molecule has 40 heavy (non-hydrogen) atoms. The molecule has 0 fully saturated rings. The number of hydrogen-bond acceptors (Lipinski definition) is 7. The highest BCUT2D eigenvalue weighted by Gasteiger charge is 2.46. The molecule has 1 aliphatic heterocycles. The number of aromatic nitrogens is 7. The van der Waals surface area contributed by atoms with Gasteiger partial charge in [-0.2, -0.15) is 18.3 Å². The number of anilines is 1. The fourth-order valence-corrected chi connectivity index (χ4v) is 6.24. The molecule has 6 aromatic rings. The van der Waals surface area contributed by atoms with E-state index in [1.165, 1.54) is 47.2 Å². The third-order valence-corrected chi connectivity index (χ3v) is 7.97. The number of fused-ring (bicyclic) bond motifs is 6. The Labute approximate surface area is 224 Å². The Hall–Kier alpha value is -4.27. The zero-order valence-electron chi connectivity index (χ0n) is 20.3. The molecule has 8 nitrogen and oxygen atoms in total. The number of nitrogens with zero attached hydrogens (tertiary/aromatic N) is 7. The fourth-order valence-electron chi connectivity index (χ4n) is 5.05. The van der Waals surface area contributed by atoms with E-state index < -0.39 is 30.5 Å². The fraction of sp³-hybridized carbons (Fsp3) is 0.240. The van der Waals surface area contributed by atoms with Gasteiger partial charge in [-0.1, -0.05) is 12.1 Å². The maximum atomic E-state index is 14.1. The highest BCUT2D eigenvalue weighted by molar-refractivity contribution is 7.26. The van der Waals surface area contributed by atoms with Crippen molar-refractivity contribution < 1.29 is 26.3 Å². The van der Waals surface area contributed by atoms with Crippen molar-refractivity contribution in [3.8, 4) is 11.5 Å². The van der Waals surface area contributed by atoms with Gasteiger partial charge in [-0.05, 0) is 36.2 Å². The van der Waals surface area contributed by atoms with Crippen molar-refractivity contribution in [3.63, 3.8) is 0 Å². The van der Waals surface area contributed by atoms with Gasteiger partial charge in [0, 0.05) is 17.9 Å². The van der Waals surface area contributed by atoms with Crippen molar-refractivity contribution in [2.24, 2.45) is 0 Å². The Kier molecular flexibility index (Phi) is 5.33. The zero-order valence-corrected chi connectivity index (χ0v) is 21.1. The molecule has 0 spiro atoms. The van der Waals surface area contributed by atoms with Gasteiger partial charge in [0.25, 0.3) is 6.43 Å². The number of halogens is 6. The number of benzene rings is 1. The first-order valence-electron chi connectivity index (χ1n) is 12.0. The summed E-state index contributed by atoms with van der Waals surface area (Å²) in [4.78, 5) is 13.4. The second-order valence-electron chi connectivity index (χ2n) is 9.47. The standard InChI is InChI=1S/C25H16F6N8S/c1-10-6-14(21(27)28)34-24-18(10)19-20(40-24)23-35-22(37-38(23)9-32-19)15-8-17-33-13(11-2-4-12(26)5-3-11)7-16(25(29,30)31)39(17)36-15/h2-6,8-9,13,16,21,33H,7H2,1H3/t13-,16-/m1/s1. The summed E-state index contributed by atoms with van der Waals surface area (Å²) < 4.78 is 85.1. The Balaban J connectivity index is 1.33. The molecule has 2 atom stereocenters. The van der Waals surface area contributed by atoms with Crippen molar-refractivity contribution in [3.05, 3.63) is 65.4 Å². The van der Waals surface area contributed by atoms with Crippen LogP contribution in [0, 0.1) is 12.7 Å². The third-order valence-electron chi connectivity index (χ3n) is 6.90. The van der Waals surface area contributed by atoms with Crippen LogP contribution in [0.15, 0.2) is 42.7 Å². The van der Waals surface area contributed by atoms with Gasteiger partial charge in [0.15, 0.2) is 11.7 Å². The SMILES string of the molecule is Cc1cc(C(F)F)nc2sc3c(ncn4nc(-c5cc6n(n5)[C@@H](C(F)(F)F)C[C@H](c5ccc(F)cc5)N6)nc34)c12. The topological polar surface area (TPSA) is 85.8 Å². The molecule has 6 heterocycles. The molecule has 0 aliphatic carbocycles. The van der Waals surface area contributed by atoms with E-state index in [2.05, 4.69) is 30.5 Å². The molecule has 204 valence electrons. The van der Waals surface area contributed by atoms with Crippen LogP contribution in [0.4, 0.5) is 32.2 Å². The minimum Gasteiger partial charge on any atom is -0.363 e. The van der Waals surface area contributed by atoms with Crippen molar-refractivity contribution in [2.45, 2.75) is 38.0 Å². The van der Waals surface area contributed by atoms with Gasteiger partial charge in [-0.3, -0.25) is 0 Å². The van der Waals surface area contributed by atoms with Crippen LogP contribution >= 0.6 is 11.3 Å². The second kappa shape index (κ2) is 8.61. The first kappa shape index (κ1) is 24.7. The zero-order chi connectivity index (χ0) is 27.9. The van der Waals surface area contributed by atoms with Crippen molar-refractivity contribution in [1.29, 1.82) is 0 Å². The number of aryl methyl sites for hydroxylation is 1. The Morgan fingerprint density at radius 1 is 1.07 bits per heavy atom. The number of hydrogen-bond donors (Lipinski definition) is 1. The van der Waals surface area contributed by atoms with Crippen LogP contribution in [-0.2, 0) is 0 Å². The monoisotopic (exact) mass is 574 g/mol. The number of pyridine rings is 1. The minimum absolute atomic E-state index is 0.0627. The van der Waals surface area contributed by atoms with Crippen LogP contribution in [0.25, 0.3) is 37.6 Å². The molecular formula is C25H16F6N8S. The van der Waals surface area contributed by atoms with Gasteiger partial charge in [-0.25, -0.2) is 37.3 Å². The smallest absolute Gasteiger partial charge is 0.363 e. The van der Waals surface area contributed by atoms with Gasteiger partial charge < -0.3 is 5.32 Å². The van der Waals surface area contributed by atoms with Crippen LogP contribution in [0.3, 0.4) is 0 Å². The lowest BCUT2D eigenvalue weighted by atomic mass is 9.97. The molecule has 0 saturated heterocycles. The van der Waals surface area contributed by atoms with Gasteiger partial charge in [0.2, 0.25) is 5.82 Å². The number of thiophene rings is 1. The summed E-state index contributed by atoms with van der Waals surface area (Å²) in [6.07, 6.45) is -6.27. The van der Waals surface area contributed by atoms with E-state index in [-0.39, 0.29) is 29.5 Å². The van der Waals surface area contributed by atoms with E-state index in [0.717, 1.165) is 16.0 Å². The summed E-state index contributed by atoms with van der Waals surface area (Å²) in [6.45, 7) is 1.70. The van der Waals surface area contributed by atoms with E-state index in [9.17, 15) is 26.3 Å². The quantitative estimate of drug-likeness (QED) is 0.234.